The molecule has 0 saturated carbocycles. The number of methoxy groups -OCH3 is 1. The zero-order chi connectivity index (χ0) is 23.4. The van der Waals surface area contributed by atoms with Crippen molar-refractivity contribution >= 4 is 22.6 Å². The smallest absolute Gasteiger partial charge is 0.305 e. The molecule has 0 radical (unpaired) electrons. The number of nitrogens with zero attached hydrogens (tertiary/aromatic N) is 1. The van der Waals surface area contributed by atoms with Crippen molar-refractivity contribution < 1.29 is 19.4 Å². The number of nitrogens with one attached hydrogen (secondary N) is 1. The number of aryl methyl sites for hydroxylation is 1. The molecule has 0 aliphatic heterocycles. The number of carboxylic acid groups (broad SMARTS) is 1. The van der Waals surface area contributed by atoms with Crippen LogP contribution in [0.1, 0.15) is 34.1 Å². The fraction of sp³-hybridized carbons (Fsp3) is 0.148. The molecule has 0 aliphatic rings. The lowest BCUT2D eigenvalue weighted by Gasteiger charge is -2.18. The van der Waals surface area contributed by atoms with Gasteiger partial charge in [0, 0.05) is 5.56 Å². The average molecular weight is 440 g/mol. The maximum atomic E-state index is 13.1. The molecule has 0 fully saturated rings. The maximum Gasteiger partial charge on any atom is 0.305 e. The van der Waals surface area contributed by atoms with Crippen LogP contribution in [0.5, 0.6) is 5.75 Å². The van der Waals surface area contributed by atoms with Gasteiger partial charge in [-0.1, -0.05) is 66.2 Å². The van der Waals surface area contributed by atoms with Gasteiger partial charge in [0.1, 0.15) is 17.1 Å². The van der Waals surface area contributed by atoms with Crippen LogP contribution in [-0.2, 0) is 4.79 Å². The van der Waals surface area contributed by atoms with Crippen LogP contribution in [0.4, 0.5) is 0 Å². The maximum absolute atomic E-state index is 13.1. The van der Waals surface area contributed by atoms with Gasteiger partial charge in [0.05, 0.1) is 19.6 Å². The number of hydrogen-bond donors (Lipinski definition) is 2. The molecule has 6 nitrogen and oxygen atoms in total. The van der Waals surface area contributed by atoms with Crippen molar-refractivity contribution in [2.75, 3.05) is 7.11 Å². The van der Waals surface area contributed by atoms with E-state index >= 15 is 0 Å². The minimum Gasteiger partial charge on any atom is -0.494 e. The van der Waals surface area contributed by atoms with Crippen LogP contribution in [0.15, 0.2) is 78.9 Å². The van der Waals surface area contributed by atoms with E-state index in [9.17, 15) is 14.7 Å². The number of amides is 1. The lowest BCUT2D eigenvalue weighted by atomic mass is 10.0. The summed E-state index contributed by atoms with van der Waals surface area (Å²) < 4.78 is 5.49. The zero-order valence-electron chi connectivity index (χ0n) is 18.4. The van der Waals surface area contributed by atoms with Gasteiger partial charge in [-0.2, -0.15) is 0 Å². The Balaban J connectivity index is 1.67. The van der Waals surface area contributed by atoms with Crippen molar-refractivity contribution in [1.82, 2.24) is 10.3 Å². The van der Waals surface area contributed by atoms with Gasteiger partial charge in [0.25, 0.3) is 5.91 Å². The highest BCUT2D eigenvalue weighted by molar-refractivity contribution is 5.94. The van der Waals surface area contributed by atoms with Crippen molar-refractivity contribution in [2.24, 2.45) is 0 Å². The quantitative estimate of drug-likeness (QED) is 0.414. The fourth-order valence-electron chi connectivity index (χ4n) is 3.74. The summed E-state index contributed by atoms with van der Waals surface area (Å²) in [5, 5.41) is 14.3. The number of rotatable bonds is 7. The van der Waals surface area contributed by atoms with Crippen LogP contribution in [0.25, 0.3) is 22.0 Å². The Hall–Kier alpha value is -4.19. The Kier molecular flexibility index (Phi) is 6.36. The molecule has 1 heterocycles. The SMILES string of the molecule is COc1ccc(C(=O)N[C@@H](CC(=O)O)c2ccc(C)cc2)nc1-c1ccc2ccccc2c1. The minimum atomic E-state index is -1.000. The molecule has 0 spiro atoms. The standard InChI is InChI=1S/C27H24N2O4/c1-17-7-9-19(10-8-17)23(16-25(30)31)29-27(32)22-13-14-24(33-2)26(28-22)21-12-11-18-5-3-4-6-20(18)15-21/h3-15,23H,16H2,1-2H3,(H,29,32)(H,30,31)/t23-/m0/s1. The van der Waals surface area contributed by atoms with Gasteiger partial charge in [-0.15, -0.1) is 0 Å². The minimum absolute atomic E-state index is 0.182. The first-order chi connectivity index (χ1) is 15.9. The first-order valence-corrected chi connectivity index (χ1v) is 10.6. The third-order valence-electron chi connectivity index (χ3n) is 5.50. The third-order valence-corrected chi connectivity index (χ3v) is 5.50. The van der Waals surface area contributed by atoms with Gasteiger partial charge >= 0.3 is 5.97 Å². The predicted octanol–water partition coefficient (Wildman–Crippen LogP) is 5.16. The number of carboxylic acids is 1. The summed E-state index contributed by atoms with van der Waals surface area (Å²) in [5.41, 5.74) is 3.32. The molecule has 3 aromatic carbocycles. The number of pyridine rings is 1. The van der Waals surface area contributed by atoms with Crippen molar-refractivity contribution in [3.8, 4) is 17.0 Å². The molecule has 1 aromatic heterocycles. The average Bonchev–Trinajstić information content (AvgIpc) is 2.83. The molecule has 0 unspecified atom stereocenters. The second-order valence-electron chi connectivity index (χ2n) is 7.84. The van der Waals surface area contributed by atoms with Gasteiger partial charge in [0.2, 0.25) is 0 Å². The third kappa shape index (κ3) is 5.01. The van der Waals surface area contributed by atoms with Crippen LogP contribution in [-0.4, -0.2) is 29.1 Å². The molecule has 2 N–H and O–H groups in total. The number of aliphatic carboxylic acids is 1. The molecule has 0 saturated heterocycles. The number of benzene rings is 3. The van der Waals surface area contributed by atoms with E-state index in [1.807, 2.05) is 73.7 Å². The summed E-state index contributed by atoms with van der Waals surface area (Å²) in [6.07, 6.45) is -0.234. The Labute approximate surface area is 191 Å². The second-order valence-corrected chi connectivity index (χ2v) is 7.84. The topological polar surface area (TPSA) is 88.5 Å². The second kappa shape index (κ2) is 9.53. The van der Waals surface area contributed by atoms with Gasteiger partial charge in [-0.05, 0) is 41.5 Å². The van der Waals surface area contributed by atoms with Crippen LogP contribution < -0.4 is 10.1 Å². The van der Waals surface area contributed by atoms with Crippen LogP contribution in [0.3, 0.4) is 0 Å². The molecule has 1 atom stereocenters. The molecule has 4 rings (SSSR count). The summed E-state index contributed by atoms with van der Waals surface area (Å²) in [4.78, 5) is 29.1. The molecule has 6 heteroatoms. The highest BCUT2D eigenvalue weighted by Crippen LogP contribution is 2.31. The Morgan fingerprint density at radius 2 is 1.70 bits per heavy atom. The van der Waals surface area contributed by atoms with E-state index in [1.54, 1.807) is 19.2 Å². The monoisotopic (exact) mass is 440 g/mol. The molecule has 4 aromatic rings. The number of fused-ring (bicyclic) bond motifs is 1. The van der Waals surface area contributed by atoms with Crippen molar-refractivity contribution in [3.63, 3.8) is 0 Å². The van der Waals surface area contributed by atoms with Gasteiger partial charge in [0.15, 0.2) is 0 Å². The first kappa shape index (κ1) is 22.0. The number of aromatic nitrogens is 1. The largest absolute Gasteiger partial charge is 0.494 e. The normalized spacial score (nSPS) is 11.7. The van der Waals surface area contributed by atoms with Crippen molar-refractivity contribution in [1.29, 1.82) is 0 Å². The predicted molar refractivity (Wildman–Crippen MR) is 127 cm³/mol. The number of carbonyl (C=O) groups is 2. The Morgan fingerprint density at radius 1 is 0.970 bits per heavy atom. The van der Waals surface area contributed by atoms with E-state index in [0.717, 1.165) is 27.5 Å². The highest BCUT2D eigenvalue weighted by atomic mass is 16.5. The van der Waals surface area contributed by atoms with E-state index in [1.165, 1.54) is 0 Å². The summed E-state index contributed by atoms with van der Waals surface area (Å²) in [6.45, 7) is 1.95. The van der Waals surface area contributed by atoms with Crippen LogP contribution in [0, 0.1) is 6.92 Å². The number of hydrogen-bond acceptors (Lipinski definition) is 4. The van der Waals surface area contributed by atoms with Crippen molar-refractivity contribution in [3.05, 3.63) is 95.7 Å². The summed E-state index contributed by atoms with van der Waals surface area (Å²) in [6, 6.07) is 24.0. The molecule has 0 bridgehead atoms. The van der Waals surface area contributed by atoms with E-state index < -0.39 is 17.9 Å². The van der Waals surface area contributed by atoms with Gasteiger partial charge < -0.3 is 15.2 Å². The summed E-state index contributed by atoms with van der Waals surface area (Å²) >= 11 is 0. The van der Waals surface area contributed by atoms with Gasteiger partial charge in [-0.25, -0.2) is 4.98 Å². The van der Waals surface area contributed by atoms with Gasteiger partial charge in [-0.3, -0.25) is 9.59 Å². The van der Waals surface area contributed by atoms with Crippen LogP contribution >= 0.6 is 0 Å². The van der Waals surface area contributed by atoms with E-state index in [0.29, 0.717) is 11.4 Å². The summed E-state index contributed by atoms with van der Waals surface area (Å²) in [7, 11) is 1.56. The number of ether oxygens (including phenoxy) is 1. The molecule has 0 aliphatic carbocycles. The summed E-state index contributed by atoms with van der Waals surface area (Å²) in [5.74, 6) is -0.908. The van der Waals surface area contributed by atoms with E-state index in [2.05, 4.69) is 10.3 Å². The Bertz CT molecular complexity index is 1320. The van der Waals surface area contributed by atoms with E-state index in [4.69, 9.17) is 4.74 Å². The Morgan fingerprint density at radius 3 is 2.39 bits per heavy atom. The molecule has 1 amide bonds. The molecule has 166 valence electrons. The van der Waals surface area contributed by atoms with Crippen molar-refractivity contribution in [2.45, 2.75) is 19.4 Å². The van der Waals surface area contributed by atoms with E-state index in [-0.39, 0.29) is 12.1 Å². The highest BCUT2D eigenvalue weighted by Gasteiger charge is 2.21. The zero-order valence-corrected chi connectivity index (χ0v) is 18.4. The fourth-order valence-corrected chi connectivity index (χ4v) is 3.74. The number of carbonyl (C=O) groups excluding carboxylic acids is 1. The van der Waals surface area contributed by atoms with Crippen LogP contribution in [0.2, 0.25) is 0 Å². The lowest BCUT2D eigenvalue weighted by molar-refractivity contribution is -0.137. The molecular formula is C27H24N2O4. The molecule has 33 heavy (non-hydrogen) atoms. The first-order valence-electron chi connectivity index (χ1n) is 10.6. The lowest BCUT2D eigenvalue weighted by Crippen LogP contribution is -2.30. The molecular weight excluding hydrogens is 416 g/mol.